The molecule has 0 unspecified atom stereocenters. The first-order valence-corrected chi connectivity index (χ1v) is 7.53. The van der Waals surface area contributed by atoms with Crippen molar-refractivity contribution in [3.05, 3.63) is 23.4 Å². The van der Waals surface area contributed by atoms with Crippen molar-refractivity contribution in [2.24, 2.45) is 5.92 Å². The van der Waals surface area contributed by atoms with Crippen LogP contribution in [0.2, 0.25) is 0 Å². The lowest BCUT2D eigenvalue weighted by Gasteiger charge is -2.12. The van der Waals surface area contributed by atoms with Crippen LogP contribution >= 0.6 is 0 Å². The molecule has 0 aromatic carbocycles. The van der Waals surface area contributed by atoms with Crippen molar-refractivity contribution in [1.82, 2.24) is 10.3 Å². The Morgan fingerprint density at radius 1 is 1.37 bits per heavy atom. The number of hydrogen-bond acceptors (Lipinski definition) is 3. The summed E-state index contributed by atoms with van der Waals surface area (Å²) in [6, 6.07) is 4.78. The highest BCUT2D eigenvalue weighted by Crippen LogP contribution is 2.29. The van der Waals surface area contributed by atoms with E-state index in [0.717, 1.165) is 43.5 Å². The van der Waals surface area contributed by atoms with E-state index >= 15 is 0 Å². The Morgan fingerprint density at radius 2 is 2.16 bits per heavy atom. The summed E-state index contributed by atoms with van der Waals surface area (Å²) >= 11 is 0. The van der Waals surface area contributed by atoms with Crippen LogP contribution in [0.5, 0.6) is 5.88 Å². The maximum absolute atomic E-state index is 5.83. The second-order valence-corrected chi connectivity index (χ2v) is 5.84. The molecule has 1 N–H and O–H groups in total. The number of nitrogens with one attached hydrogen (secondary N) is 1. The summed E-state index contributed by atoms with van der Waals surface area (Å²) in [5.74, 6) is 1.58. The predicted octanol–water partition coefficient (Wildman–Crippen LogP) is 3.32. The van der Waals surface area contributed by atoms with Gasteiger partial charge in [-0.3, -0.25) is 0 Å². The lowest BCUT2D eigenvalue weighted by Crippen LogP contribution is -2.22. The molecule has 1 aliphatic carbocycles. The number of aromatic nitrogens is 1. The molecule has 2 rings (SSSR count). The van der Waals surface area contributed by atoms with Crippen molar-refractivity contribution in [3.63, 3.8) is 0 Å². The predicted molar refractivity (Wildman–Crippen MR) is 78.4 cm³/mol. The molecule has 0 bridgehead atoms. The summed E-state index contributed by atoms with van der Waals surface area (Å²) < 4.78 is 5.83. The Bertz CT molecular complexity index is 375. The van der Waals surface area contributed by atoms with Gasteiger partial charge in [-0.1, -0.05) is 27.2 Å². The monoisotopic (exact) mass is 262 g/mol. The van der Waals surface area contributed by atoms with Gasteiger partial charge < -0.3 is 10.1 Å². The normalized spacial score (nSPS) is 14.9. The maximum atomic E-state index is 5.83. The van der Waals surface area contributed by atoms with Crippen LogP contribution in [0.3, 0.4) is 0 Å². The Hall–Kier alpha value is -1.09. The third kappa shape index (κ3) is 5.19. The minimum absolute atomic E-state index is 0.499. The second kappa shape index (κ2) is 6.90. The third-order valence-electron chi connectivity index (χ3n) is 3.30. The molecule has 0 spiro atoms. The van der Waals surface area contributed by atoms with Crippen LogP contribution in [-0.2, 0) is 13.0 Å². The van der Waals surface area contributed by atoms with E-state index in [1.54, 1.807) is 0 Å². The maximum Gasteiger partial charge on any atom is 0.213 e. The fraction of sp³-hybridized carbons (Fsp3) is 0.688. The molecule has 0 radical (unpaired) electrons. The first kappa shape index (κ1) is 14.3. The summed E-state index contributed by atoms with van der Waals surface area (Å²) in [4.78, 5) is 4.60. The van der Waals surface area contributed by atoms with Gasteiger partial charge in [-0.05, 0) is 36.8 Å². The van der Waals surface area contributed by atoms with Crippen molar-refractivity contribution in [3.8, 4) is 5.88 Å². The summed E-state index contributed by atoms with van der Waals surface area (Å²) in [6.07, 6.45) is 4.78. The van der Waals surface area contributed by atoms with Crippen molar-refractivity contribution >= 4 is 0 Å². The Kier molecular flexibility index (Phi) is 5.20. The van der Waals surface area contributed by atoms with Crippen molar-refractivity contribution < 1.29 is 4.74 Å². The summed E-state index contributed by atoms with van der Waals surface area (Å²) in [7, 11) is 0. The average molecular weight is 262 g/mol. The molecular formula is C16H26N2O. The molecule has 19 heavy (non-hydrogen) atoms. The topological polar surface area (TPSA) is 34.1 Å². The van der Waals surface area contributed by atoms with Gasteiger partial charge in [0.15, 0.2) is 0 Å². The molecule has 1 fully saturated rings. The zero-order chi connectivity index (χ0) is 13.7. The number of ether oxygens (including phenoxy) is 1. The second-order valence-electron chi connectivity index (χ2n) is 5.84. The van der Waals surface area contributed by atoms with Gasteiger partial charge in [0.2, 0.25) is 5.88 Å². The minimum Gasteiger partial charge on any atom is -0.477 e. The number of rotatable bonds is 8. The van der Waals surface area contributed by atoms with Crippen LogP contribution < -0.4 is 10.1 Å². The van der Waals surface area contributed by atoms with E-state index in [4.69, 9.17) is 4.74 Å². The largest absolute Gasteiger partial charge is 0.477 e. The van der Waals surface area contributed by atoms with Gasteiger partial charge >= 0.3 is 0 Å². The standard InChI is InChI=1S/C16H26N2O/c1-4-5-15-8-14(10-17-12(2)3)9-16(18-15)19-11-13-6-7-13/h8-9,12-13,17H,4-7,10-11H2,1-3H3. The number of nitrogens with zero attached hydrogens (tertiary/aromatic N) is 1. The molecule has 0 aliphatic heterocycles. The minimum atomic E-state index is 0.499. The summed E-state index contributed by atoms with van der Waals surface area (Å²) in [6.45, 7) is 8.24. The van der Waals surface area contributed by atoms with E-state index in [2.05, 4.69) is 43.2 Å². The van der Waals surface area contributed by atoms with Gasteiger partial charge in [-0.25, -0.2) is 4.98 Å². The zero-order valence-corrected chi connectivity index (χ0v) is 12.4. The van der Waals surface area contributed by atoms with E-state index in [1.165, 1.54) is 18.4 Å². The lowest BCUT2D eigenvalue weighted by molar-refractivity contribution is 0.287. The van der Waals surface area contributed by atoms with E-state index in [-0.39, 0.29) is 0 Å². The van der Waals surface area contributed by atoms with Crippen molar-refractivity contribution in [2.45, 2.75) is 59.0 Å². The molecule has 0 saturated heterocycles. The smallest absolute Gasteiger partial charge is 0.213 e. The first-order valence-electron chi connectivity index (χ1n) is 7.53. The van der Waals surface area contributed by atoms with Gasteiger partial charge in [-0.2, -0.15) is 0 Å². The van der Waals surface area contributed by atoms with Gasteiger partial charge in [0.1, 0.15) is 0 Å². The van der Waals surface area contributed by atoms with E-state index < -0.39 is 0 Å². The fourth-order valence-electron chi connectivity index (χ4n) is 1.99. The number of aryl methyl sites for hydroxylation is 1. The van der Waals surface area contributed by atoms with Gasteiger partial charge in [0.25, 0.3) is 0 Å². The van der Waals surface area contributed by atoms with Crippen LogP contribution in [-0.4, -0.2) is 17.6 Å². The van der Waals surface area contributed by atoms with E-state index in [9.17, 15) is 0 Å². The highest BCUT2D eigenvalue weighted by atomic mass is 16.5. The summed E-state index contributed by atoms with van der Waals surface area (Å²) in [5, 5.41) is 3.45. The van der Waals surface area contributed by atoms with Crippen LogP contribution in [0.4, 0.5) is 0 Å². The van der Waals surface area contributed by atoms with Crippen LogP contribution in [0.15, 0.2) is 12.1 Å². The van der Waals surface area contributed by atoms with E-state index in [1.807, 2.05) is 0 Å². The fourth-order valence-corrected chi connectivity index (χ4v) is 1.99. The lowest BCUT2D eigenvalue weighted by atomic mass is 10.1. The quantitative estimate of drug-likeness (QED) is 0.780. The number of hydrogen-bond donors (Lipinski definition) is 1. The van der Waals surface area contributed by atoms with Crippen LogP contribution in [0.25, 0.3) is 0 Å². The molecule has 1 aromatic rings. The van der Waals surface area contributed by atoms with Gasteiger partial charge in [0.05, 0.1) is 6.61 Å². The molecule has 3 nitrogen and oxygen atoms in total. The Balaban J connectivity index is 2.01. The number of pyridine rings is 1. The molecule has 106 valence electrons. The average Bonchev–Trinajstić information content (AvgIpc) is 3.18. The van der Waals surface area contributed by atoms with Crippen molar-refractivity contribution in [2.75, 3.05) is 6.61 Å². The Morgan fingerprint density at radius 3 is 2.79 bits per heavy atom. The molecule has 1 saturated carbocycles. The first-order chi connectivity index (χ1) is 9.17. The highest BCUT2D eigenvalue weighted by Gasteiger charge is 2.22. The zero-order valence-electron chi connectivity index (χ0n) is 12.4. The van der Waals surface area contributed by atoms with Crippen LogP contribution in [0, 0.1) is 5.92 Å². The molecule has 1 heterocycles. The molecule has 1 aromatic heterocycles. The molecular weight excluding hydrogens is 236 g/mol. The summed E-state index contributed by atoms with van der Waals surface area (Å²) in [5.41, 5.74) is 2.43. The molecule has 0 atom stereocenters. The SMILES string of the molecule is CCCc1cc(CNC(C)C)cc(OCC2CC2)n1. The third-order valence-corrected chi connectivity index (χ3v) is 3.30. The molecule has 0 amide bonds. The van der Waals surface area contributed by atoms with E-state index in [0.29, 0.717) is 6.04 Å². The van der Waals surface area contributed by atoms with Gasteiger partial charge in [0, 0.05) is 24.3 Å². The van der Waals surface area contributed by atoms with Gasteiger partial charge in [-0.15, -0.1) is 0 Å². The highest BCUT2D eigenvalue weighted by molar-refractivity contribution is 5.25. The molecule has 3 heteroatoms. The molecule has 1 aliphatic rings. The van der Waals surface area contributed by atoms with Crippen molar-refractivity contribution in [1.29, 1.82) is 0 Å². The van der Waals surface area contributed by atoms with Crippen LogP contribution in [0.1, 0.15) is 51.3 Å². The Labute approximate surface area is 116 Å².